The molecule has 0 amide bonds. The van der Waals surface area contributed by atoms with Crippen LogP contribution in [0.25, 0.3) is 11.4 Å². The van der Waals surface area contributed by atoms with Crippen LogP contribution in [0, 0.1) is 13.8 Å². The maximum Gasteiger partial charge on any atom is 0.377 e. The molecule has 0 radical (unpaired) electrons. The fourth-order valence-corrected chi connectivity index (χ4v) is 2.72. The zero-order valence-electron chi connectivity index (χ0n) is 14.1. The van der Waals surface area contributed by atoms with Gasteiger partial charge in [0.1, 0.15) is 6.42 Å². The molecule has 0 bridgehead atoms. The smallest absolute Gasteiger partial charge is 0.377 e. The van der Waals surface area contributed by atoms with Crippen molar-refractivity contribution in [3.8, 4) is 11.4 Å². The summed E-state index contributed by atoms with van der Waals surface area (Å²) in [5.41, 5.74) is 1.91. The van der Waals surface area contributed by atoms with Gasteiger partial charge in [-0.25, -0.2) is 0 Å². The topological polar surface area (TPSA) is 59.8 Å². The first-order chi connectivity index (χ1) is 12.2. The number of aryl methyl sites for hydroxylation is 2. The van der Waals surface area contributed by atoms with Crippen molar-refractivity contribution in [1.29, 1.82) is 0 Å². The van der Waals surface area contributed by atoms with Gasteiger partial charge in [-0.1, -0.05) is 36.4 Å². The minimum atomic E-state index is 0.390. The fourth-order valence-electron chi connectivity index (χ4n) is 2.72. The summed E-state index contributed by atoms with van der Waals surface area (Å²) in [6.45, 7) is 3.77. The molecule has 0 fully saturated rings. The maximum absolute atomic E-state index is 5.77. The van der Waals surface area contributed by atoms with Gasteiger partial charge in [0.2, 0.25) is 11.4 Å². The number of aromatic nitrogens is 4. The molecular formula is C19H18N4O2+2. The molecule has 0 aliphatic rings. The van der Waals surface area contributed by atoms with Crippen molar-refractivity contribution in [3.05, 3.63) is 84.2 Å². The minimum Gasteiger partial charge on any atom is -0.385 e. The van der Waals surface area contributed by atoms with Gasteiger partial charge >= 0.3 is 11.8 Å². The quantitative estimate of drug-likeness (QED) is 0.538. The van der Waals surface area contributed by atoms with Crippen LogP contribution in [0.4, 0.5) is 0 Å². The monoisotopic (exact) mass is 334 g/mol. The molecule has 2 aromatic heterocycles. The standard InChI is InChI=1S/C19H18N4O2/c1-14-22(16-9-5-3-6-10-16)20-18(24-14)13-19-21-23(15(2)25-19)17-11-7-4-8-12-17/h3-12H,13H2,1-2H3/q+2. The van der Waals surface area contributed by atoms with Gasteiger partial charge in [-0.2, -0.15) is 0 Å². The molecule has 0 unspecified atom stereocenters. The Morgan fingerprint density at radius 1 is 0.680 bits per heavy atom. The van der Waals surface area contributed by atoms with Crippen molar-refractivity contribution < 1.29 is 18.2 Å². The van der Waals surface area contributed by atoms with E-state index in [0.717, 1.165) is 11.4 Å². The van der Waals surface area contributed by atoms with Gasteiger partial charge in [0.05, 0.1) is 13.8 Å². The lowest BCUT2D eigenvalue weighted by Gasteiger charge is -1.86. The van der Waals surface area contributed by atoms with E-state index in [1.165, 1.54) is 0 Å². The lowest BCUT2D eigenvalue weighted by molar-refractivity contribution is -0.667. The van der Waals surface area contributed by atoms with Gasteiger partial charge in [-0.05, 0) is 9.36 Å². The van der Waals surface area contributed by atoms with Crippen LogP contribution in [0.15, 0.2) is 69.5 Å². The highest BCUT2D eigenvalue weighted by Crippen LogP contribution is 2.09. The Kier molecular flexibility index (Phi) is 3.85. The number of benzene rings is 2. The normalized spacial score (nSPS) is 11.0. The largest absolute Gasteiger partial charge is 0.385 e. The highest BCUT2D eigenvalue weighted by atomic mass is 16.4. The van der Waals surface area contributed by atoms with Crippen molar-refractivity contribution in [2.24, 2.45) is 0 Å². The van der Waals surface area contributed by atoms with Crippen molar-refractivity contribution in [2.75, 3.05) is 0 Å². The van der Waals surface area contributed by atoms with Crippen molar-refractivity contribution in [2.45, 2.75) is 20.3 Å². The molecule has 0 N–H and O–H groups in total. The van der Waals surface area contributed by atoms with E-state index in [4.69, 9.17) is 8.83 Å². The summed E-state index contributed by atoms with van der Waals surface area (Å²) in [6, 6.07) is 19.8. The molecule has 6 heteroatoms. The Morgan fingerprint density at radius 2 is 1.08 bits per heavy atom. The van der Waals surface area contributed by atoms with Gasteiger partial charge in [-0.15, -0.1) is 0 Å². The predicted molar refractivity (Wildman–Crippen MR) is 88.4 cm³/mol. The third-order valence-corrected chi connectivity index (χ3v) is 3.85. The molecule has 0 saturated carbocycles. The molecule has 25 heavy (non-hydrogen) atoms. The van der Waals surface area contributed by atoms with Crippen LogP contribution >= 0.6 is 0 Å². The van der Waals surface area contributed by atoms with Crippen LogP contribution in [0.2, 0.25) is 0 Å². The summed E-state index contributed by atoms with van der Waals surface area (Å²) >= 11 is 0. The first-order valence-electron chi connectivity index (χ1n) is 8.09. The van der Waals surface area contributed by atoms with Crippen LogP contribution in [0.3, 0.4) is 0 Å². The lowest BCUT2D eigenvalue weighted by atomic mass is 10.3. The number of para-hydroxylation sites is 2. The van der Waals surface area contributed by atoms with E-state index in [0.29, 0.717) is 30.0 Å². The third-order valence-electron chi connectivity index (χ3n) is 3.85. The first kappa shape index (κ1) is 15.3. The second-order valence-electron chi connectivity index (χ2n) is 5.70. The minimum absolute atomic E-state index is 0.390. The fraction of sp³-hybridized carbons (Fsp3) is 0.158. The van der Waals surface area contributed by atoms with Crippen molar-refractivity contribution in [1.82, 2.24) is 10.2 Å². The van der Waals surface area contributed by atoms with E-state index < -0.39 is 0 Å². The number of rotatable bonds is 4. The van der Waals surface area contributed by atoms with E-state index >= 15 is 0 Å². The maximum atomic E-state index is 5.77. The van der Waals surface area contributed by atoms with Crippen molar-refractivity contribution >= 4 is 0 Å². The average molecular weight is 334 g/mol. The predicted octanol–water partition coefficient (Wildman–Crippen LogP) is 2.42. The van der Waals surface area contributed by atoms with E-state index in [2.05, 4.69) is 10.2 Å². The summed E-state index contributed by atoms with van der Waals surface area (Å²) in [7, 11) is 0. The zero-order valence-corrected chi connectivity index (χ0v) is 14.1. The van der Waals surface area contributed by atoms with Crippen LogP contribution in [0.1, 0.15) is 23.6 Å². The highest BCUT2D eigenvalue weighted by molar-refractivity contribution is 5.21. The van der Waals surface area contributed by atoms with Gasteiger partial charge in [0.25, 0.3) is 11.8 Å². The summed E-state index contributed by atoms with van der Waals surface area (Å²) in [4.78, 5) is 0. The van der Waals surface area contributed by atoms with Crippen LogP contribution in [0.5, 0.6) is 0 Å². The number of hydrogen-bond donors (Lipinski definition) is 0. The zero-order chi connectivity index (χ0) is 17.2. The lowest BCUT2D eigenvalue weighted by Crippen LogP contribution is -2.35. The summed E-state index contributed by atoms with van der Waals surface area (Å²) < 4.78 is 15.1. The Morgan fingerprint density at radius 3 is 1.48 bits per heavy atom. The SMILES string of the molecule is Cc1oc(Cc2n[n+](-c3ccccc3)c(C)o2)n[n+]1-c1ccccc1. The first-order valence-corrected chi connectivity index (χ1v) is 8.09. The number of nitrogens with zero attached hydrogens (tertiary/aromatic N) is 4. The molecule has 6 nitrogen and oxygen atoms in total. The summed E-state index contributed by atoms with van der Waals surface area (Å²) in [5, 5.41) is 9.06. The third kappa shape index (κ3) is 3.06. The number of hydrogen-bond acceptors (Lipinski definition) is 4. The Balaban J connectivity index is 1.62. The molecule has 0 atom stereocenters. The Labute approximate surface area is 145 Å². The Bertz CT molecular complexity index is 909. The Hall–Kier alpha value is -3.28. The molecule has 0 spiro atoms. The summed E-state index contributed by atoms with van der Waals surface area (Å²) in [5.74, 6) is 2.53. The second kappa shape index (κ2) is 6.32. The van der Waals surface area contributed by atoms with Gasteiger partial charge in [0, 0.05) is 34.5 Å². The highest BCUT2D eigenvalue weighted by Gasteiger charge is 2.25. The molecule has 0 aliphatic heterocycles. The molecule has 0 saturated heterocycles. The van der Waals surface area contributed by atoms with E-state index in [-0.39, 0.29) is 0 Å². The van der Waals surface area contributed by atoms with E-state index in [1.54, 1.807) is 9.36 Å². The van der Waals surface area contributed by atoms with Gasteiger partial charge in [0.15, 0.2) is 0 Å². The van der Waals surface area contributed by atoms with Crippen molar-refractivity contribution in [3.63, 3.8) is 0 Å². The molecule has 0 aliphatic carbocycles. The van der Waals surface area contributed by atoms with Crippen LogP contribution < -0.4 is 9.36 Å². The molecule has 4 aromatic rings. The summed E-state index contributed by atoms with van der Waals surface area (Å²) in [6.07, 6.45) is 0.390. The molecule has 4 rings (SSSR count). The van der Waals surface area contributed by atoms with E-state index in [1.807, 2.05) is 74.5 Å². The molecule has 2 heterocycles. The van der Waals surface area contributed by atoms with E-state index in [9.17, 15) is 0 Å². The van der Waals surface area contributed by atoms with Crippen LogP contribution in [-0.2, 0) is 6.42 Å². The van der Waals surface area contributed by atoms with Gasteiger partial charge < -0.3 is 8.83 Å². The molecule has 124 valence electrons. The average Bonchev–Trinajstić information content (AvgIpc) is 3.19. The van der Waals surface area contributed by atoms with Crippen LogP contribution in [-0.4, -0.2) is 10.2 Å². The molecule has 2 aromatic carbocycles. The molecular weight excluding hydrogens is 316 g/mol. The second-order valence-corrected chi connectivity index (χ2v) is 5.70. The van der Waals surface area contributed by atoms with Gasteiger partial charge in [-0.3, -0.25) is 0 Å².